The largest absolute Gasteiger partial charge is 0.511 e. The van der Waals surface area contributed by atoms with Gasteiger partial charge >= 0.3 is 0 Å². The lowest BCUT2D eigenvalue weighted by Crippen LogP contribution is -2.35. The summed E-state index contributed by atoms with van der Waals surface area (Å²) in [6.07, 6.45) is 1.25. The van der Waals surface area contributed by atoms with Gasteiger partial charge in [0.2, 0.25) is 0 Å². The van der Waals surface area contributed by atoms with E-state index in [2.05, 4.69) is 0 Å². The van der Waals surface area contributed by atoms with Crippen molar-refractivity contribution < 1.29 is 14.7 Å². The Bertz CT molecular complexity index is 582. The molecule has 1 aromatic carbocycles. The predicted octanol–water partition coefficient (Wildman–Crippen LogP) is 3.95. The van der Waals surface area contributed by atoms with Gasteiger partial charge in [-0.1, -0.05) is 51.1 Å². The summed E-state index contributed by atoms with van der Waals surface area (Å²) in [7, 11) is 0. The number of aliphatic hydroxyl groups is 1. The molecular formula is C18H22O3. The number of Topliss-reactive ketones (excluding diaryl/α,β-unsaturated/α-hetero) is 2. The van der Waals surface area contributed by atoms with Gasteiger partial charge < -0.3 is 5.11 Å². The Balaban J connectivity index is 2.55. The second-order valence-electron chi connectivity index (χ2n) is 6.37. The quantitative estimate of drug-likeness (QED) is 0.853. The maximum Gasteiger partial charge on any atom is 0.170 e. The molecule has 0 spiro atoms. The van der Waals surface area contributed by atoms with Crippen LogP contribution in [-0.4, -0.2) is 16.7 Å². The molecule has 1 aliphatic carbocycles. The molecule has 3 heteroatoms. The maximum absolute atomic E-state index is 12.3. The number of aliphatic hydroxyl groups excluding tert-OH is 1. The van der Waals surface area contributed by atoms with Gasteiger partial charge in [-0.3, -0.25) is 9.59 Å². The highest BCUT2D eigenvalue weighted by molar-refractivity contribution is 6.21. The molecule has 1 N–H and O–H groups in total. The lowest BCUT2D eigenvalue weighted by molar-refractivity contribution is -0.124. The Morgan fingerprint density at radius 1 is 1.29 bits per heavy atom. The van der Waals surface area contributed by atoms with Crippen LogP contribution in [0.2, 0.25) is 0 Å². The average molecular weight is 286 g/mol. The van der Waals surface area contributed by atoms with Gasteiger partial charge in [-0.2, -0.15) is 0 Å². The van der Waals surface area contributed by atoms with Crippen molar-refractivity contribution in [2.75, 3.05) is 0 Å². The van der Waals surface area contributed by atoms with Crippen molar-refractivity contribution in [1.82, 2.24) is 0 Å². The van der Waals surface area contributed by atoms with Crippen molar-refractivity contribution >= 4 is 11.6 Å². The normalized spacial score (nSPS) is 21.5. The van der Waals surface area contributed by atoms with Gasteiger partial charge in [0.1, 0.15) is 5.76 Å². The summed E-state index contributed by atoms with van der Waals surface area (Å²) >= 11 is 0. The van der Waals surface area contributed by atoms with E-state index in [-0.39, 0.29) is 35.2 Å². The molecule has 2 rings (SSSR count). The minimum absolute atomic E-state index is 0.0185. The zero-order valence-electron chi connectivity index (χ0n) is 12.8. The highest BCUT2D eigenvalue weighted by atomic mass is 16.3. The molecule has 0 saturated heterocycles. The van der Waals surface area contributed by atoms with Crippen LogP contribution in [0.25, 0.3) is 0 Å². The molecule has 0 heterocycles. The molecule has 3 nitrogen and oxygen atoms in total. The maximum atomic E-state index is 12.3. The summed E-state index contributed by atoms with van der Waals surface area (Å²) in [6, 6.07) is 9.58. The molecule has 0 aromatic heterocycles. The first kappa shape index (κ1) is 15.5. The third-order valence-corrected chi connectivity index (χ3v) is 4.09. The standard InChI is InChI=1S/C18H22O3/c1-4-8-13(19)15-14(20)11-18(2,3)16(17(15)21)12-9-6-5-7-10-12/h5-7,9-10,16,21H,4,8,11H2,1-3H3. The molecule has 112 valence electrons. The van der Waals surface area contributed by atoms with Gasteiger partial charge in [-0.15, -0.1) is 0 Å². The summed E-state index contributed by atoms with van der Waals surface area (Å²) in [5, 5.41) is 10.6. The molecular weight excluding hydrogens is 264 g/mol. The van der Waals surface area contributed by atoms with Crippen molar-refractivity contribution in [2.24, 2.45) is 5.41 Å². The Morgan fingerprint density at radius 2 is 1.90 bits per heavy atom. The zero-order chi connectivity index (χ0) is 15.6. The van der Waals surface area contributed by atoms with E-state index < -0.39 is 5.41 Å². The molecule has 0 bridgehead atoms. The Morgan fingerprint density at radius 3 is 2.48 bits per heavy atom. The zero-order valence-corrected chi connectivity index (χ0v) is 12.8. The third-order valence-electron chi connectivity index (χ3n) is 4.09. The molecule has 0 aliphatic heterocycles. The lowest BCUT2D eigenvalue weighted by Gasteiger charge is -2.38. The summed E-state index contributed by atoms with van der Waals surface area (Å²) < 4.78 is 0. The number of benzene rings is 1. The van der Waals surface area contributed by atoms with E-state index in [1.54, 1.807) is 0 Å². The van der Waals surface area contributed by atoms with Gasteiger partial charge in [-0.05, 0) is 17.4 Å². The van der Waals surface area contributed by atoms with E-state index >= 15 is 0 Å². The van der Waals surface area contributed by atoms with Gasteiger partial charge in [0.05, 0.1) is 5.57 Å². The number of ketones is 2. The number of rotatable bonds is 4. The number of carbonyl (C=O) groups excluding carboxylic acids is 2. The SMILES string of the molecule is CCCC(=O)C1=C(O)C(c2ccccc2)C(C)(C)CC1=O. The minimum Gasteiger partial charge on any atom is -0.511 e. The summed E-state index contributed by atoms with van der Waals surface area (Å²) in [4.78, 5) is 24.4. The van der Waals surface area contributed by atoms with Crippen LogP contribution < -0.4 is 0 Å². The molecule has 0 saturated carbocycles. The van der Waals surface area contributed by atoms with Crippen molar-refractivity contribution in [3.63, 3.8) is 0 Å². The van der Waals surface area contributed by atoms with Gasteiger partial charge in [0.15, 0.2) is 11.6 Å². The Hall–Kier alpha value is -1.90. The van der Waals surface area contributed by atoms with Crippen molar-refractivity contribution in [3.8, 4) is 0 Å². The summed E-state index contributed by atoms with van der Waals surface area (Å²) in [5.41, 5.74) is 0.553. The molecule has 1 atom stereocenters. The number of hydrogen-bond donors (Lipinski definition) is 1. The molecule has 0 radical (unpaired) electrons. The number of hydrogen-bond acceptors (Lipinski definition) is 3. The van der Waals surface area contributed by atoms with E-state index in [0.29, 0.717) is 12.8 Å². The molecule has 1 aromatic rings. The molecule has 1 unspecified atom stereocenters. The van der Waals surface area contributed by atoms with Gasteiger partial charge in [0.25, 0.3) is 0 Å². The van der Waals surface area contributed by atoms with E-state index in [4.69, 9.17) is 0 Å². The third kappa shape index (κ3) is 2.92. The second-order valence-corrected chi connectivity index (χ2v) is 6.37. The first-order chi connectivity index (χ1) is 9.88. The molecule has 0 amide bonds. The van der Waals surface area contributed by atoms with Crippen LogP contribution in [0.1, 0.15) is 51.5 Å². The smallest absolute Gasteiger partial charge is 0.170 e. The minimum atomic E-state index is -0.404. The summed E-state index contributed by atoms with van der Waals surface area (Å²) in [5.74, 6) is -0.840. The topological polar surface area (TPSA) is 54.4 Å². The van der Waals surface area contributed by atoms with E-state index in [0.717, 1.165) is 5.56 Å². The van der Waals surface area contributed by atoms with Gasteiger partial charge in [-0.25, -0.2) is 0 Å². The number of allylic oxidation sites excluding steroid dienone is 2. The van der Waals surface area contributed by atoms with E-state index in [1.807, 2.05) is 51.1 Å². The molecule has 0 fully saturated rings. The van der Waals surface area contributed by atoms with Crippen LogP contribution in [0, 0.1) is 5.41 Å². The van der Waals surface area contributed by atoms with E-state index in [9.17, 15) is 14.7 Å². The first-order valence-electron chi connectivity index (χ1n) is 7.43. The monoisotopic (exact) mass is 286 g/mol. The van der Waals surface area contributed by atoms with Crippen LogP contribution in [0.5, 0.6) is 0 Å². The second kappa shape index (κ2) is 5.84. The van der Waals surface area contributed by atoms with E-state index in [1.165, 1.54) is 0 Å². The fraction of sp³-hybridized carbons (Fsp3) is 0.444. The molecule has 1 aliphatic rings. The number of carbonyl (C=O) groups is 2. The van der Waals surface area contributed by atoms with Crippen LogP contribution in [0.4, 0.5) is 0 Å². The Kier molecular flexibility index (Phi) is 4.31. The van der Waals surface area contributed by atoms with Crippen LogP contribution in [0.15, 0.2) is 41.7 Å². The molecule has 21 heavy (non-hydrogen) atoms. The summed E-state index contributed by atoms with van der Waals surface area (Å²) in [6.45, 7) is 5.81. The van der Waals surface area contributed by atoms with Crippen LogP contribution >= 0.6 is 0 Å². The predicted molar refractivity (Wildman–Crippen MR) is 82.2 cm³/mol. The van der Waals surface area contributed by atoms with Crippen molar-refractivity contribution in [2.45, 2.75) is 46.0 Å². The highest BCUT2D eigenvalue weighted by Crippen LogP contribution is 2.47. The lowest BCUT2D eigenvalue weighted by atomic mass is 9.65. The van der Waals surface area contributed by atoms with Crippen molar-refractivity contribution in [1.29, 1.82) is 0 Å². The highest BCUT2D eigenvalue weighted by Gasteiger charge is 2.44. The fourth-order valence-electron chi connectivity index (χ4n) is 3.17. The van der Waals surface area contributed by atoms with Gasteiger partial charge in [0, 0.05) is 18.8 Å². The Labute approximate surface area is 125 Å². The van der Waals surface area contributed by atoms with Crippen molar-refractivity contribution in [3.05, 3.63) is 47.2 Å². The average Bonchev–Trinajstić information content (AvgIpc) is 2.38. The first-order valence-corrected chi connectivity index (χ1v) is 7.43. The fourth-order valence-corrected chi connectivity index (χ4v) is 3.17. The van der Waals surface area contributed by atoms with Crippen LogP contribution in [0.3, 0.4) is 0 Å². The van der Waals surface area contributed by atoms with Crippen LogP contribution in [-0.2, 0) is 9.59 Å².